The lowest BCUT2D eigenvalue weighted by Crippen LogP contribution is -2.21. The van der Waals surface area contributed by atoms with Crippen molar-refractivity contribution in [2.45, 2.75) is 26.4 Å². The van der Waals surface area contributed by atoms with Crippen LogP contribution in [0.2, 0.25) is 0 Å². The van der Waals surface area contributed by atoms with E-state index in [2.05, 4.69) is 15.9 Å². The van der Waals surface area contributed by atoms with Crippen LogP contribution in [0, 0.1) is 26.2 Å². The van der Waals surface area contributed by atoms with Gasteiger partial charge in [0.2, 0.25) is 0 Å². The van der Waals surface area contributed by atoms with E-state index in [4.69, 9.17) is 6.42 Å². The molecule has 0 radical (unpaired) electrons. The van der Waals surface area contributed by atoms with Crippen LogP contribution >= 0.6 is 0 Å². The van der Waals surface area contributed by atoms with Crippen molar-refractivity contribution >= 4 is 0 Å². The van der Waals surface area contributed by atoms with Crippen LogP contribution in [0.25, 0.3) is 0 Å². The van der Waals surface area contributed by atoms with E-state index in [0.717, 1.165) is 5.69 Å². The highest BCUT2D eigenvalue weighted by atomic mass is 16.3. The third kappa shape index (κ3) is 2.04. The number of hydrogen-bond donors (Lipinski definition) is 1. The summed E-state index contributed by atoms with van der Waals surface area (Å²) >= 11 is 0. The van der Waals surface area contributed by atoms with Gasteiger partial charge in [-0.2, -0.15) is 0 Å². The van der Waals surface area contributed by atoms with Gasteiger partial charge in [-0.15, -0.1) is 6.42 Å². The Morgan fingerprint density at radius 3 is 2.54 bits per heavy atom. The first-order chi connectivity index (χ1) is 5.95. The highest BCUT2D eigenvalue weighted by molar-refractivity contribution is 5.24. The molecule has 0 aliphatic rings. The second-order valence-corrected chi connectivity index (χ2v) is 3.16. The molecule has 0 amide bonds. The van der Waals surface area contributed by atoms with Crippen molar-refractivity contribution in [2.24, 2.45) is 0 Å². The molecule has 1 rings (SSSR count). The van der Waals surface area contributed by atoms with Gasteiger partial charge in [-0.05, 0) is 26.8 Å². The van der Waals surface area contributed by atoms with Gasteiger partial charge in [0.15, 0.2) is 5.60 Å². The van der Waals surface area contributed by atoms with E-state index in [1.165, 1.54) is 6.92 Å². The monoisotopic (exact) mass is 176 g/mol. The predicted octanol–water partition coefficient (Wildman–Crippen LogP) is 0.934. The topological polar surface area (TPSA) is 46.0 Å². The molecule has 0 unspecified atom stereocenters. The van der Waals surface area contributed by atoms with E-state index >= 15 is 0 Å². The molecular weight excluding hydrogens is 164 g/mol. The van der Waals surface area contributed by atoms with Crippen LogP contribution in [0.3, 0.4) is 0 Å². The SMILES string of the molecule is C#C[C@@](C)(O)c1cc(C)nc(C)n1. The minimum atomic E-state index is -1.31. The van der Waals surface area contributed by atoms with Gasteiger partial charge in [0.1, 0.15) is 5.82 Å². The largest absolute Gasteiger partial charge is 0.372 e. The van der Waals surface area contributed by atoms with Crippen molar-refractivity contribution in [3.05, 3.63) is 23.3 Å². The van der Waals surface area contributed by atoms with Gasteiger partial charge >= 0.3 is 0 Å². The summed E-state index contributed by atoms with van der Waals surface area (Å²) in [5.41, 5.74) is -0.0311. The molecule has 0 fully saturated rings. The number of aromatic nitrogens is 2. The van der Waals surface area contributed by atoms with Crippen LogP contribution in [0.4, 0.5) is 0 Å². The smallest absolute Gasteiger partial charge is 0.164 e. The summed E-state index contributed by atoms with van der Waals surface area (Å²) in [7, 11) is 0. The van der Waals surface area contributed by atoms with Crippen molar-refractivity contribution < 1.29 is 5.11 Å². The molecule has 3 heteroatoms. The van der Waals surface area contributed by atoms with Crippen molar-refractivity contribution in [1.29, 1.82) is 0 Å². The quantitative estimate of drug-likeness (QED) is 0.647. The summed E-state index contributed by atoms with van der Waals surface area (Å²) in [5.74, 6) is 2.89. The number of aliphatic hydroxyl groups is 1. The molecule has 0 saturated carbocycles. The van der Waals surface area contributed by atoms with Crippen LogP contribution in [0.15, 0.2) is 6.07 Å². The summed E-state index contributed by atoms with van der Waals surface area (Å²) in [4.78, 5) is 8.16. The van der Waals surface area contributed by atoms with Gasteiger partial charge in [0.05, 0.1) is 5.69 Å². The zero-order valence-corrected chi connectivity index (χ0v) is 8.00. The summed E-state index contributed by atoms with van der Waals surface area (Å²) in [6.07, 6.45) is 5.18. The Hall–Kier alpha value is -1.40. The average molecular weight is 176 g/mol. The molecule has 1 aromatic heterocycles. The number of nitrogens with zero attached hydrogens (tertiary/aromatic N) is 2. The van der Waals surface area contributed by atoms with Gasteiger partial charge in [0.25, 0.3) is 0 Å². The molecule has 3 nitrogen and oxygen atoms in total. The highest BCUT2D eigenvalue weighted by Gasteiger charge is 2.21. The molecule has 0 bridgehead atoms. The maximum Gasteiger partial charge on any atom is 0.164 e. The first-order valence-corrected chi connectivity index (χ1v) is 3.98. The maximum absolute atomic E-state index is 9.72. The number of aryl methyl sites for hydroxylation is 2. The van der Waals surface area contributed by atoms with Crippen LogP contribution in [0.1, 0.15) is 24.1 Å². The first-order valence-electron chi connectivity index (χ1n) is 3.98. The molecule has 0 spiro atoms. The van der Waals surface area contributed by atoms with E-state index < -0.39 is 5.60 Å². The molecule has 0 saturated heterocycles. The molecule has 13 heavy (non-hydrogen) atoms. The van der Waals surface area contributed by atoms with E-state index in [0.29, 0.717) is 11.5 Å². The Kier molecular flexibility index (Phi) is 2.35. The lowest BCUT2D eigenvalue weighted by Gasteiger charge is -2.15. The second-order valence-electron chi connectivity index (χ2n) is 3.16. The third-order valence-corrected chi connectivity index (χ3v) is 1.75. The Morgan fingerprint density at radius 2 is 2.08 bits per heavy atom. The number of rotatable bonds is 1. The van der Waals surface area contributed by atoms with E-state index in [-0.39, 0.29) is 0 Å². The fraction of sp³-hybridized carbons (Fsp3) is 0.400. The van der Waals surface area contributed by atoms with Gasteiger partial charge in [0, 0.05) is 5.69 Å². The Labute approximate surface area is 77.9 Å². The first kappa shape index (κ1) is 9.69. The number of terminal acetylenes is 1. The summed E-state index contributed by atoms with van der Waals surface area (Å²) < 4.78 is 0. The van der Waals surface area contributed by atoms with Crippen molar-refractivity contribution in [3.63, 3.8) is 0 Å². The zero-order valence-electron chi connectivity index (χ0n) is 8.00. The highest BCUT2D eigenvalue weighted by Crippen LogP contribution is 2.17. The lowest BCUT2D eigenvalue weighted by atomic mass is 10.0. The molecule has 0 aliphatic heterocycles. The molecule has 1 N–H and O–H groups in total. The lowest BCUT2D eigenvalue weighted by molar-refractivity contribution is 0.117. The molecule has 1 aromatic rings. The fourth-order valence-electron chi connectivity index (χ4n) is 1.04. The predicted molar refractivity (Wildman–Crippen MR) is 49.9 cm³/mol. The van der Waals surface area contributed by atoms with Crippen LogP contribution < -0.4 is 0 Å². The molecular formula is C10H12N2O. The van der Waals surface area contributed by atoms with Gasteiger partial charge in [-0.1, -0.05) is 5.92 Å². The van der Waals surface area contributed by atoms with Crippen molar-refractivity contribution in [3.8, 4) is 12.3 Å². The van der Waals surface area contributed by atoms with Crippen LogP contribution in [0.5, 0.6) is 0 Å². The molecule has 1 heterocycles. The van der Waals surface area contributed by atoms with E-state index in [1.807, 2.05) is 6.92 Å². The Morgan fingerprint density at radius 1 is 1.46 bits per heavy atom. The summed E-state index contributed by atoms with van der Waals surface area (Å²) in [6, 6.07) is 1.69. The molecule has 68 valence electrons. The number of hydrogen-bond acceptors (Lipinski definition) is 3. The van der Waals surface area contributed by atoms with Crippen LogP contribution in [-0.2, 0) is 5.60 Å². The van der Waals surface area contributed by atoms with E-state index in [1.54, 1.807) is 13.0 Å². The summed E-state index contributed by atoms with van der Waals surface area (Å²) in [5, 5.41) is 9.72. The van der Waals surface area contributed by atoms with Crippen molar-refractivity contribution in [2.75, 3.05) is 0 Å². The van der Waals surface area contributed by atoms with Crippen molar-refractivity contribution in [1.82, 2.24) is 9.97 Å². The normalized spacial score (nSPS) is 14.7. The van der Waals surface area contributed by atoms with Crippen LogP contribution in [-0.4, -0.2) is 15.1 Å². The zero-order chi connectivity index (χ0) is 10.1. The average Bonchev–Trinajstić information content (AvgIpc) is 2.02. The van der Waals surface area contributed by atoms with Gasteiger partial charge < -0.3 is 5.11 Å². The fourth-order valence-corrected chi connectivity index (χ4v) is 1.04. The Balaban J connectivity index is 3.25. The van der Waals surface area contributed by atoms with Gasteiger partial charge in [-0.3, -0.25) is 0 Å². The minimum absolute atomic E-state index is 0.472. The standard InChI is InChI=1S/C10H12N2O/c1-5-10(4,13)9-6-7(2)11-8(3)12-9/h1,6,13H,2-4H3/t10-/m1/s1. The van der Waals surface area contributed by atoms with E-state index in [9.17, 15) is 5.11 Å². The van der Waals surface area contributed by atoms with Gasteiger partial charge in [-0.25, -0.2) is 9.97 Å². The summed E-state index contributed by atoms with van der Waals surface area (Å²) in [6.45, 7) is 5.14. The molecule has 0 aliphatic carbocycles. The second kappa shape index (κ2) is 3.15. The minimum Gasteiger partial charge on any atom is -0.372 e. The third-order valence-electron chi connectivity index (χ3n) is 1.75. The molecule has 0 aromatic carbocycles. The maximum atomic E-state index is 9.72. The Bertz CT molecular complexity index is 343. The molecule has 1 atom stereocenters.